The van der Waals surface area contributed by atoms with Gasteiger partial charge in [0.2, 0.25) is 0 Å². The van der Waals surface area contributed by atoms with E-state index in [9.17, 15) is 0 Å². The molecule has 0 saturated heterocycles. The third-order valence-corrected chi connectivity index (χ3v) is 5.36. The van der Waals surface area contributed by atoms with E-state index in [-0.39, 0.29) is 12.4 Å². The number of hydrogen-bond acceptors (Lipinski definition) is 1. The van der Waals surface area contributed by atoms with E-state index in [0.29, 0.717) is 0 Å². The van der Waals surface area contributed by atoms with E-state index in [2.05, 4.69) is 93.3 Å². The Hall–Kier alpha value is -2.29. The molecule has 146 valence electrons. The molecule has 1 N–H and O–H groups in total. The Morgan fingerprint density at radius 3 is 1.89 bits per heavy atom. The van der Waals surface area contributed by atoms with Crippen molar-refractivity contribution in [1.82, 2.24) is 0 Å². The highest BCUT2D eigenvalue weighted by atomic mass is 35.5. The third kappa shape index (κ3) is 4.40. The standard InChI is InChI=1S/C25H28N2.ClH/c1-18-9-19(2)12-22(11-18)15-26-17-27(25-8-6-5-7-24(25)26)16-23-13-20(3)10-21(4)14-23;/h5-14H,15-17H2,1-4H3;1H. The zero-order valence-electron chi connectivity index (χ0n) is 17.2. The van der Waals surface area contributed by atoms with E-state index in [4.69, 9.17) is 0 Å². The number of halogens is 1. The van der Waals surface area contributed by atoms with Crippen LogP contribution in [0.4, 0.5) is 11.4 Å². The Kier molecular flexibility index (Phi) is 6.12. The minimum atomic E-state index is 0. The lowest BCUT2D eigenvalue weighted by Crippen LogP contribution is -3.05. The van der Waals surface area contributed by atoms with Crippen LogP contribution < -0.4 is 22.2 Å². The molecule has 0 aliphatic carbocycles. The molecule has 0 spiro atoms. The van der Waals surface area contributed by atoms with E-state index >= 15 is 0 Å². The lowest BCUT2D eigenvalue weighted by molar-refractivity contribution is -0.840. The molecule has 3 heteroatoms. The molecule has 1 heterocycles. The van der Waals surface area contributed by atoms with Crippen LogP contribution in [0.1, 0.15) is 33.4 Å². The Bertz CT molecular complexity index is 861. The largest absolute Gasteiger partial charge is 1.00 e. The van der Waals surface area contributed by atoms with Crippen molar-refractivity contribution in [3.8, 4) is 0 Å². The summed E-state index contributed by atoms with van der Waals surface area (Å²) in [5.41, 5.74) is 11.0. The fourth-order valence-corrected chi connectivity index (χ4v) is 4.54. The topological polar surface area (TPSA) is 7.68 Å². The normalized spacial score (nSPS) is 15.3. The molecule has 0 saturated carbocycles. The van der Waals surface area contributed by atoms with Crippen LogP contribution in [0.5, 0.6) is 0 Å². The average molecular weight is 393 g/mol. The number of hydrogen-bond donors (Lipinski definition) is 1. The number of benzene rings is 3. The summed E-state index contributed by atoms with van der Waals surface area (Å²) in [5, 5.41) is 0. The van der Waals surface area contributed by atoms with Crippen LogP contribution in [-0.4, -0.2) is 6.67 Å². The molecule has 0 aromatic heterocycles. The van der Waals surface area contributed by atoms with Gasteiger partial charge in [0, 0.05) is 18.2 Å². The van der Waals surface area contributed by atoms with Gasteiger partial charge < -0.3 is 17.3 Å². The minimum Gasteiger partial charge on any atom is -1.00 e. The summed E-state index contributed by atoms with van der Waals surface area (Å²) in [4.78, 5) is 4.06. The first-order chi connectivity index (χ1) is 13.0. The first kappa shape index (κ1) is 20.4. The predicted molar refractivity (Wildman–Crippen MR) is 114 cm³/mol. The molecular weight excluding hydrogens is 364 g/mol. The Labute approximate surface area is 175 Å². The van der Waals surface area contributed by atoms with Gasteiger partial charge in [0.15, 0.2) is 12.4 Å². The van der Waals surface area contributed by atoms with Crippen LogP contribution in [0, 0.1) is 27.7 Å². The molecule has 2 nitrogen and oxygen atoms in total. The lowest BCUT2D eigenvalue weighted by Gasteiger charge is -2.19. The molecule has 1 aliphatic heterocycles. The molecule has 0 bridgehead atoms. The summed E-state index contributed by atoms with van der Waals surface area (Å²) in [6.07, 6.45) is 0. The molecule has 0 radical (unpaired) electrons. The fraction of sp³-hybridized carbons (Fsp3) is 0.280. The minimum absolute atomic E-state index is 0. The Morgan fingerprint density at radius 2 is 1.29 bits per heavy atom. The van der Waals surface area contributed by atoms with Crippen molar-refractivity contribution in [1.29, 1.82) is 0 Å². The number of nitrogens with zero attached hydrogens (tertiary/aromatic N) is 1. The van der Waals surface area contributed by atoms with Gasteiger partial charge in [-0.25, -0.2) is 0 Å². The second-order valence-electron chi connectivity index (χ2n) is 8.15. The molecule has 0 amide bonds. The molecule has 28 heavy (non-hydrogen) atoms. The van der Waals surface area contributed by atoms with Gasteiger partial charge in [-0.1, -0.05) is 70.8 Å². The maximum atomic E-state index is 2.53. The van der Waals surface area contributed by atoms with Crippen LogP contribution in [0.2, 0.25) is 0 Å². The molecule has 3 aromatic rings. The molecule has 0 fully saturated rings. The number of nitrogens with one attached hydrogen (secondary N) is 1. The number of aryl methyl sites for hydroxylation is 4. The number of fused-ring (bicyclic) bond motifs is 1. The summed E-state index contributed by atoms with van der Waals surface area (Å²) in [6.45, 7) is 11.8. The van der Waals surface area contributed by atoms with Crippen LogP contribution in [0.25, 0.3) is 0 Å². The molecular formula is C25H29ClN2. The summed E-state index contributed by atoms with van der Waals surface area (Å²) in [6, 6.07) is 22.7. The second kappa shape index (κ2) is 8.38. The third-order valence-electron chi connectivity index (χ3n) is 5.36. The summed E-state index contributed by atoms with van der Waals surface area (Å²) in [7, 11) is 0. The van der Waals surface area contributed by atoms with Crippen LogP contribution in [0.15, 0.2) is 60.7 Å². The molecule has 1 unspecified atom stereocenters. The van der Waals surface area contributed by atoms with Gasteiger partial charge in [-0.2, -0.15) is 0 Å². The van der Waals surface area contributed by atoms with E-state index < -0.39 is 0 Å². The van der Waals surface area contributed by atoms with Crippen molar-refractivity contribution >= 4 is 11.4 Å². The average Bonchev–Trinajstić information content (AvgIpc) is 2.91. The molecule has 1 atom stereocenters. The maximum Gasteiger partial charge on any atom is 0.158 e. The van der Waals surface area contributed by atoms with Gasteiger partial charge in [0.05, 0.1) is 0 Å². The zero-order chi connectivity index (χ0) is 19.0. The Balaban J connectivity index is 0.00000225. The zero-order valence-corrected chi connectivity index (χ0v) is 18.0. The van der Waals surface area contributed by atoms with Crippen molar-refractivity contribution in [2.45, 2.75) is 40.8 Å². The van der Waals surface area contributed by atoms with Gasteiger partial charge in [-0.05, 0) is 39.3 Å². The van der Waals surface area contributed by atoms with E-state index in [0.717, 1.165) is 19.8 Å². The van der Waals surface area contributed by atoms with Gasteiger partial charge in [-0.15, -0.1) is 0 Å². The molecule has 3 aromatic carbocycles. The highest BCUT2D eigenvalue weighted by Gasteiger charge is 2.30. The predicted octanol–water partition coefficient (Wildman–Crippen LogP) is 1.62. The van der Waals surface area contributed by atoms with E-state index in [1.807, 2.05) is 0 Å². The second-order valence-corrected chi connectivity index (χ2v) is 8.15. The number of rotatable bonds is 4. The van der Waals surface area contributed by atoms with Gasteiger partial charge in [-0.3, -0.25) is 4.90 Å². The summed E-state index contributed by atoms with van der Waals surface area (Å²) in [5.74, 6) is 0. The quantitative estimate of drug-likeness (QED) is 0.709. The lowest BCUT2D eigenvalue weighted by atomic mass is 10.1. The Morgan fingerprint density at radius 1 is 0.750 bits per heavy atom. The molecule has 1 aliphatic rings. The van der Waals surface area contributed by atoms with Crippen molar-refractivity contribution < 1.29 is 17.3 Å². The highest BCUT2D eigenvalue weighted by Crippen LogP contribution is 2.28. The van der Waals surface area contributed by atoms with Crippen molar-refractivity contribution in [3.63, 3.8) is 0 Å². The van der Waals surface area contributed by atoms with Gasteiger partial charge in [0.1, 0.15) is 12.2 Å². The summed E-state index contributed by atoms with van der Waals surface area (Å²) < 4.78 is 0. The number of quaternary nitrogens is 1. The van der Waals surface area contributed by atoms with Crippen molar-refractivity contribution in [3.05, 3.63) is 94.0 Å². The smallest absolute Gasteiger partial charge is 0.158 e. The van der Waals surface area contributed by atoms with E-state index in [1.165, 1.54) is 49.7 Å². The SMILES string of the molecule is Cc1cc(C)cc(CN2C[NH+](Cc3cc(C)cc(C)c3)c3ccccc32)c1.[Cl-]. The number of anilines is 1. The van der Waals surface area contributed by atoms with Crippen LogP contribution >= 0.6 is 0 Å². The maximum absolute atomic E-state index is 2.53. The monoisotopic (exact) mass is 392 g/mol. The van der Waals surface area contributed by atoms with Crippen LogP contribution in [-0.2, 0) is 13.1 Å². The first-order valence-electron chi connectivity index (χ1n) is 9.81. The first-order valence-corrected chi connectivity index (χ1v) is 9.81. The summed E-state index contributed by atoms with van der Waals surface area (Å²) >= 11 is 0. The molecule has 4 rings (SSSR count). The highest BCUT2D eigenvalue weighted by molar-refractivity contribution is 5.65. The van der Waals surface area contributed by atoms with Crippen LogP contribution in [0.3, 0.4) is 0 Å². The van der Waals surface area contributed by atoms with Gasteiger partial charge >= 0.3 is 0 Å². The van der Waals surface area contributed by atoms with Gasteiger partial charge in [0.25, 0.3) is 0 Å². The van der Waals surface area contributed by atoms with E-state index in [1.54, 1.807) is 0 Å². The fourth-order valence-electron chi connectivity index (χ4n) is 4.54. The number of para-hydroxylation sites is 2. The van der Waals surface area contributed by atoms with Crippen molar-refractivity contribution in [2.75, 3.05) is 11.6 Å². The van der Waals surface area contributed by atoms with Crippen molar-refractivity contribution in [2.24, 2.45) is 0 Å².